The molecule has 1 aromatic rings. The lowest BCUT2D eigenvalue weighted by Crippen LogP contribution is -2.31. The Bertz CT molecular complexity index is 473. The van der Waals surface area contributed by atoms with Crippen molar-refractivity contribution in [3.05, 3.63) is 18.2 Å². The molecular weight excluding hydrogens is 268 g/mol. The van der Waals surface area contributed by atoms with Crippen molar-refractivity contribution < 1.29 is 14.3 Å². The lowest BCUT2D eigenvalue weighted by Gasteiger charge is -2.19. The van der Waals surface area contributed by atoms with Crippen molar-refractivity contribution in [1.82, 2.24) is 5.32 Å². The molecule has 1 aromatic carbocycles. The molecule has 1 aliphatic rings. The van der Waals surface area contributed by atoms with Crippen LogP contribution in [-0.4, -0.2) is 32.2 Å². The van der Waals surface area contributed by atoms with Gasteiger partial charge in [-0.05, 0) is 24.6 Å². The van der Waals surface area contributed by atoms with Gasteiger partial charge in [-0.1, -0.05) is 26.7 Å². The Kier molecular flexibility index (Phi) is 5.87. The van der Waals surface area contributed by atoms with Crippen LogP contribution in [-0.2, 0) is 4.79 Å². The molecule has 116 valence electrons. The zero-order valence-electron chi connectivity index (χ0n) is 12.8. The third kappa shape index (κ3) is 4.63. The SMILES string of the molecule is CCC(CC)CNCC(=O)Nc1ccc2c(c1)OCCO2. The van der Waals surface area contributed by atoms with E-state index in [1.165, 1.54) is 0 Å². The summed E-state index contributed by atoms with van der Waals surface area (Å²) in [6.45, 7) is 6.66. The van der Waals surface area contributed by atoms with Gasteiger partial charge < -0.3 is 20.1 Å². The predicted molar refractivity (Wildman–Crippen MR) is 83.0 cm³/mol. The molecule has 0 saturated heterocycles. The maximum atomic E-state index is 11.9. The monoisotopic (exact) mass is 292 g/mol. The van der Waals surface area contributed by atoms with Crippen LogP contribution in [0, 0.1) is 5.92 Å². The molecule has 2 N–H and O–H groups in total. The summed E-state index contributed by atoms with van der Waals surface area (Å²) < 4.78 is 10.9. The quantitative estimate of drug-likeness (QED) is 0.810. The highest BCUT2D eigenvalue weighted by molar-refractivity contribution is 5.92. The minimum absolute atomic E-state index is 0.0439. The zero-order valence-corrected chi connectivity index (χ0v) is 12.8. The second kappa shape index (κ2) is 7.88. The Labute approximate surface area is 126 Å². The number of carbonyl (C=O) groups excluding carboxylic acids is 1. The van der Waals surface area contributed by atoms with E-state index in [1.54, 1.807) is 6.07 Å². The van der Waals surface area contributed by atoms with Gasteiger partial charge in [0.1, 0.15) is 13.2 Å². The van der Waals surface area contributed by atoms with Gasteiger partial charge in [0.05, 0.1) is 6.54 Å². The molecule has 0 spiro atoms. The lowest BCUT2D eigenvalue weighted by molar-refractivity contribution is -0.115. The number of hydrogen-bond donors (Lipinski definition) is 2. The van der Waals surface area contributed by atoms with Crippen LogP contribution in [0.2, 0.25) is 0 Å². The Hall–Kier alpha value is -1.75. The largest absolute Gasteiger partial charge is 0.486 e. The van der Waals surface area contributed by atoms with Crippen molar-refractivity contribution in [2.24, 2.45) is 5.92 Å². The summed E-state index contributed by atoms with van der Waals surface area (Å²) in [6.07, 6.45) is 2.26. The smallest absolute Gasteiger partial charge is 0.238 e. The van der Waals surface area contributed by atoms with E-state index >= 15 is 0 Å². The van der Waals surface area contributed by atoms with Crippen LogP contribution >= 0.6 is 0 Å². The molecule has 0 radical (unpaired) electrons. The Morgan fingerprint density at radius 3 is 2.62 bits per heavy atom. The standard InChI is InChI=1S/C16H24N2O3/c1-3-12(4-2)10-17-11-16(19)18-13-5-6-14-15(9-13)21-8-7-20-14/h5-6,9,12,17H,3-4,7-8,10-11H2,1-2H3,(H,18,19). The molecule has 0 bridgehead atoms. The fraction of sp³-hybridized carbons (Fsp3) is 0.562. The average molecular weight is 292 g/mol. The van der Waals surface area contributed by atoms with E-state index in [4.69, 9.17) is 9.47 Å². The first-order chi connectivity index (χ1) is 10.2. The van der Waals surface area contributed by atoms with Gasteiger partial charge >= 0.3 is 0 Å². The van der Waals surface area contributed by atoms with E-state index in [1.807, 2.05) is 12.1 Å². The third-order valence-electron chi connectivity index (χ3n) is 3.70. The van der Waals surface area contributed by atoms with Crippen molar-refractivity contribution in [3.63, 3.8) is 0 Å². The van der Waals surface area contributed by atoms with Crippen LogP contribution in [0.3, 0.4) is 0 Å². The van der Waals surface area contributed by atoms with E-state index in [2.05, 4.69) is 24.5 Å². The Morgan fingerprint density at radius 1 is 1.19 bits per heavy atom. The molecule has 21 heavy (non-hydrogen) atoms. The molecule has 0 unspecified atom stereocenters. The molecule has 0 saturated carbocycles. The highest BCUT2D eigenvalue weighted by Crippen LogP contribution is 2.32. The minimum Gasteiger partial charge on any atom is -0.486 e. The highest BCUT2D eigenvalue weighted by atomic mass is 16.6. The maximum absolute atomic E-state index is 11.9. The second-order valence-electron chi connectivity index (χ2n) is 5.22. The van der Waals surface area contributed by atoms with Crippen molar-refractivity contribution in [2.45, 2.75) is 26.7 Å². The first-order valence-corrected chi connectivity index (χ1v) is 7.63. The number of fused-ring (bicyclic) bond motifs is 1. The summed E-state index contributed by atoms with van der Waals surface area (Å²) in [4.78, 5) is 11.9. The van der Waals surface area contributed by atoms with Gasteiger partial charge in [0.2, 0.25) is 5.91 Å². The van der Waals surface area contributed by atoms with Crippen LogP contribution < -0.4 is 20.1 Å². The summed E-state index contributed by atoms with van der Waals surface area (Å²) in [5, 5.41) is 6.07. The van der Waals surface area contributed by atoms with Gasteiger partial charge in [-0.3, -0.25) is 4.79 Å². The molecule has 1 amide bonds. The van der Waals surface area contributed by atoms with Crippen LogP contribution in [0.5, 0.6) is 11.5 Å². The van der Waals surface area contributed by atoms with Gasteiger partial charge in [0.15, 0.2) is 11.5 Å². The molecule has 0 atom stereocenters. The molecule has 1 aliphatic heterocycles. The van der Waals surface area contributed by atoms with Gasteiger partial charge in [-0.25, -0.2) is 0 Å². The number of amides is 1. The second-order valence-corrected chi connectivity index (χ2v) is 5.22. The molecule has 1 heterocycles. The van der Waals surface area contributed by atoms with Crippen LogP contribution in [0.15, 0.2) is 18.2 Å². The number of carbonyl (C=O) groups is 1. The number of ether oxygens (including phenoxy) is 2. The van der Waals surface area contributed by atoms with E-state index in [-0.39, 0.29) is 5.91 Å². The summed E-state index contributed by atoms with van der Waals surface area (Å²) in [5.74, 6) is 2.00. The number of benzene rings is 1. The summed E-state index contributed by atoms with van der Waals surface area (Å²) >= 11 is 0. The zero-order chi connectivity index (χ0) is 15.1. The Morgan fingerprint density at radius 2 is 1.90 bits per heavy atom. The first kappa shape index (κ1) is 15.6. The topological polar surface area (TPSA) is 59.6 Å². The summed E-state index contributed by atoms with van der Waals surface area (Å²) in [5.41, 5.74) is 0.730. The summed E-state index contributed by atoms with van der Waals surface area (Å²) in [6, 6.07) is 5.45. The van der Waals surface area contributed by atoms with Gasteiger partial charge in [0, 0.05) is 11.8 Å². The van der Waals surface area contributed by atoms with Crippen molar-refractivity contribution in [3.8, 4) is 11.5 Å². The summed E-state index contributed by atoms with van der Waals surface area (Å²) in [7, 11) is 0. The number of rotatable bonds is 7. The minimum atomic E-state index is -0.0439. The normalized spacial score (nSPS) is 13.3. The van der Waals surface area contributed by atoms with Crippen LogP contribution in [0.1, 0.15) is 26.7 Å². The molecule has 0 aromatic heterocycles. The lowest BCUT2D eigenvalue weighted by atomic mass is 10.0. The number of anilines is 1. The van der Waals surface area contributed by atoms with Gasteiger partial charge in [0.25, 0.3) is 0 Å². The first-order valence-electron chi connectivity index (χ1n) is 7.63. The van der Waals surface area contributed by atoms with Gasteiger partial charge in [-0.2, -0.15) is 0 Å². The van der Waals surface area contributed by atoms with Crippen LogP contribution in [0.25, 0.3) is 0 Å². The average Bonchev–Trinajstić information content (AvgIpc) is 2.51. The molecule has 2 rings (SSSR count). The molecule has 0 fully saturated rings. The molecule has 5 heteroatoms. The fourth-order valence-electron chi connectivity index (χ4n) is 2.29. The van der Waals surface area contributed by atoms with Crippen molar-refractivity contribution in [2.75, 3.05) is 31.6 Å². The van der Waals surface area contributed by atoms with E-state index in [0.29, 0.717) is 31.4 Å². The third-order valence-corrected chi connectivity index (χ3v) is 3.70. The predicted octanol–water partition coefficient (Wildman–Crippen LogP) is 2.42. The van der Waals surface area contributed by atoms with Crippen molar-refractivity contribution >= 4 is 11.6 Å². The molecule has 0 aliphatic carbocycles. The number of nitrogens with one attached hydrogen (secondary N) is 2. The van der Waals surface area contributed by atoms with Gasteiger partial charge in [-0.15, -0.1) is 0 Å². The molecular formula is C16H24N2O3. The number of hydrogen-bond acceptors (Lipinski definition) is 4. The maximum Gasteiger partial charge on any atom is 0.238 e. The Balaban J connectivity index is 1.80. The van der Waals surface area contributed by atoms with E-state index < -0.39 is 0 Å². The van der Waals surface area contributed by atoms with E-state index in [0.717, 1.165) is 30.8 Å². The van der Waals surface area contributed by atoms with E-state index in [9.17, 15) is 4.79 Å². The molecule has 5 nitrogen and oxygen atoms in total. The fourth-order valence-corrected chi connectivity index (χ4v) is 2.29. The van der Waals surface area contributed by atoms with Crippen molar-refractivity contribution in [1.29, 1.82) is 0 Å². The van der Waals surface area contributed by atoms with Crippen LogP contribution in [0.4, 0.5) is 5.69 Å². The highest BCUT2D eigenvalue weighted by Gasteiger charge is 2.12.